The van der Waals surface area contributed by atoms with Gasteiger partial charge >= 0.3 is 0 Å². The van der Waals surface area contributed by atoms with Crippen molar-refractivity contribution < 1.29 is 4.79 Å². The second kappa shape index (κ2) is 4.60. The fourth-order valence-corrected chi connectivity index (χ4v) is 1.83. The van der Waals surface area contributed by atoms with Gasteiger partial charge in [-0.25, -0.2) is 9.97 Å². The van der Waals surface area contributed by atoms with E-state index in [-0.39, 0.29) is 0 Å². The normalized spacial score (nSPS) is 10.1. The molecule has 1 aromatic carbocycles. The lowest BCUT2D eigenvalue weighted by Crippen LogP contribution is -1.93. The van der Waals surface area contributed by atoms with Gasteiger partial charge in [0.05, 0.1) is 16.3 Å². The first-order valence-electron chi connectivity index (χ1n) is 4.43. The average molecular weight is 253 g/mol. The van der Waals surface area contributed by atoms with E-state index in [1.807, 2.05) is 0 Å². The number of hydrogen-bond donors (Lipinski definition) is 0. The minimum Gasteiger partial charge on any atom is -0.298 e. The van der Waals surface area contributed by atoms with Crippen LogP contribution >= 0.6 is 23.2 Å². The number of rotatable bonds is 2. The molecule has 0 atom stereocenters. The van der Waals surface area contributed by atoms with E-state index in [0.717, 1.165) is 0 Å². The number of benzene rings is 1. The van der Waals surface area contributed by atoms with Crippen molar-refractivity contribution in [3.05, 3.63) is 46.3 Å². The van der Waals surface area contributed by atoms with Gasteiger partial charge < -0.3 is 0 Å². The lowest BCUT2D eigenvalue weighted by molar-refractivity contribution is 0.112. The molecule has 0 N–H and O–H groups in total. The van der Waals surface area contributed by atoms with Crippen molar-refractivity contribution in [3.63, 3.8) is 0 Å². The molecule has 1 heterocycles. The predicted octanol–water partition coefficient (Wildman–Crippen LogP) is 3.26. The zero-order valence-corrected chi connectivity index (χ0v) is 9.53. The van der Waals surface area contributed by atoms with Gasteiger partial charge in [0.1, 0.15) is 6.33 Å². The van der Waals surface area contributed by atoms with E-state index in [1.54, 1.807) is 18.2 Å². The first-order chi connectivity index (χ1) is 7.72. The van der Waals surface area contributed by atoms with Crippen LogP contribution in [0.1, 0.15) is 10.4 Å². The van der Waals surface area contributed by atoms with Crippen molar-refractivity contribution in [2.45, 2.75) is 0 Å². The van der Waals surface area contributed by atoms with Gasteiger partial charge in [-0.2, -0.15) is 0 Å². The number of hydrogen-bond acceptors (Lipinski definition) is 3. The van der Waals surface area contributed by atoms with E-state index in [1.165, 1.54) is 12.5 Å². The first kappa shape index (κ1) is 11.0. The Hall–Kier alpha value is -1.45. The summed E-state index contributed by atoms with van der Waals surface area (Å²) in [5.74, 6) is 0. The zero-order valence-electron chi connectivity index (χ0n) is 8.02. The Labute approximate surface area is 102 Å². The molecule has 0 aliphatic carbocycles. The Balaban J connectivity index is 2.62. The van der Waals surface area contributed by atoms with Crippen LogP contribution in [0, 0.1) is 0 Å². The SMILES string of the molecule is O=Cc1cncnc1-c1ccc(Cl)cc1Cl. The molecule has 2 rings (SSSR count). The zero-order chi connectivity index (χ0) is 11.5. The Kier molecular flexibility index (Phi) is 3.17. The third-order valence-corrected chi connectivity index (χ3v) is 2.60. The second-order valence-electron chi connectivity index (χ2n) is 3.07. The standard InChI is InChI=1S/C11H6Cl2N2O/c12-8-1-2-9(10(13)3-8)11-7(5-16)4-14-6-15-11/h1-6H. The van der Waals surface area contributed by atoms with Crippen LogP contribution in [0.15, 0.2) is 30.7 Å². The highest BCUT2D eigenvalue weighted by Gasteiger charge is 2.10. The minimum absolute atomic E-state index is 0.395. The second-order valence-corrected chi connectivity index (χ2v) is 3.91. The molecule has 16 heavy (non-hydrogen) atoms. The molecule has 0 aliphatic heterocycles. The summed E-state index contributed by atoms with van der Waals surface area (Å²) >= 11 is 11.8. The van der Waals surface area contributed by atoms with Gasteiger partial charge in [-0.05, 0) is 18.2 Å². The largest absolute Gasteiger partial charge is 0.298 e. The number of halogens is 2. The van der Waals surface area contributed by atoms with E-state index in [9.17, 15) is 4.79 Å². The molecule has 0 amide bonds. The van der Waals surface area contributed by atoms with E-state index >= 15 is 0 Å². The van der Waals surface area contributed by atoms with Crippen LogP contribution < -0.4 is 0 Å². The highest BCUT2D eigenvalue weighted by Crippen LogP contribution is 2.30. The van der Waals surface area contributed by atoms with Crippen LogP contribution in [-0.4, -0.2) is 16.3 Å². The summed E-state index contributed by atoms with van der Waals surface area (Å²) in [7, 11) is 0. The average Bonchev–Trinajstić information content (AvgIpc) is 2.29. The summed E-state index contributed by atoms with van der Waals surface area (Å²) in [6.07, 6.45) is 3.51. The first-order valence-corrected chi connectivity index (χ1v) is 5.18. The quantitative estimate of drug-likeness (QED) is 0.771. The Morgan fingerprint density at radius 2 is 2.06 bits per heavy atom. The van der Waals surface area contributed by atoms with Crippen molar-refractivity contribution in [3.8, 4) is 11.3 Å². The lowest BCUT2D eigenvalue weighted by atomic mass is 10.1. The smallest absolute Gasteiger partial charge is 0.153 e. The summed E-state index contributed by atoms with van der Waals surface area (Å²) in [6.45, 7) is 0. The van der Waals surface area contributed by atoms with E-state index in [0.29, 0.717) is 33.2 Å². The van der Waals surface area contributed by atoms with Crippen molar-refractivity contribution in [1.29, 1.82) is 0 Å². The molecule has 5 heteroatoms. The van der Waals surface area contributed by atoms with Crippen molar-refractivity contribution in [2.24, 2.45) is 0 Å². The molecule has 80 valence electrons. The molecular formula is C11H6Cl2N2O. The number of nitrogens with zero attached hydrogens (tertiary/aromatic N) is 2. The molecule has 2 aromatic rings. The molecule has 0 saturated carbocycles. The van der Waals surface area contributed by atoms with Crippen LogP contribution in [0.25, 0.3) is 11.3 Å². The van der Waals surface area contributed by atoms with Crippen LogP contribution in [0.3, 0.4) is 0 Å². The summed E-state index contributed by atoms with van der Waals surface area (Å²) < 4.78 is 0. The fourth-order valence-electron chi connectivity index (χ4n) is 1.33. The van der Waals surface area contributed by atoms with E-state index in [2.05, 4.69) is 9.97 Å². The number of aromatic nitrogens is 2. The monoisotopic (exact) mass is 252 g/mol. The number of carbonyl (C=O) groups is 1. The van der Waals surface area contributed by atoms with Crippen molar-refractivity contribution in [1.82, 2.24) is 9.97 Å². The van der Waals surface area contributed by atoms with Gasteiger partial charge in [0.2, 0.25) is 0 Å². The maximum absolute atomic E-state index is 10.8. The maximum atomic E-state index is 10.8. The van der Waals surface area contributed by atoms with Crippen LogP contribution in [-0.2, 0) is 0 Å². The van der Waals surface area contributed by atoms with Crippen LogP contribution in [0.2, 0.25) is 10.0 Å². The lowest BCUT2D eigenvalue weighted by Gasteiger charge is -2.05. The van der Waals surface area contributed by atoms with Gasteiger partial charge in [-0.3, -0.25) is 4.79 Å². The Morgan fingerprint density at radius 1 is 1.25 bits per heavy atom. The van der Waals surface area contributed by atoms with Gasteiger partial charge in [0.25, 0.3) is 0 Å². The molecule has 0 bridgehead atoms. The summed E-state index contributed by atoms with van der Waals surface area (Å²) in [5.41, 5.74) is 1.56. The molecule has 1 aromatic heterocycles. The summed E-state index contributed by atoms with van der Waals surface area (Å²) in [5, 5.41) is 0.991. The summed E-state index contributed by atoms with van der Waals surface area (Å²) in [4.78, 5) is 18.6. The van der Waals surface area contributed by atoms with E-state index < -0.39 is 0 Å². The molecular weight excluding hydrogens is 247 g/mol. The molecule has 0 saturated heterocycles. The van der Waals surface area contributed by atoms with Gasteiger partial charge in [-0.15, -0.1) is 0 Å². The number of aldehydes is 1. The molecule has 0 unspecified atom stereocenters. The maximum Gasteiger partial charge on any atom is 0.153 e. The highest BCUT2D eigenvalue weighted by molar-refractivity contribution is 6.36. The van der Waals surface area contributed by atoms with Crippen molar-refractivity contribution >= 4 is 29.5 Å². The van der Waals surface area contributed by atoms with Gasteiger partial charge in [0, 0.05) is 16.8 Å². The third-order valence-electron chi connectivity index (χ3n) is 2.05. The third kappa shape index (κ3) is 2.05. The molecule has 0 radical (unpaired) electrons. The van der Waals surface area contributed by atoms with Crippen LogP contribution in [0.5, 0.6) is 0 Å². The topological polar surface area (TPSA) is 42.9 Å². The Bertz CT molecular complexity index is 543. The molecule has 0 fully saturated rings. The van der Waals surface area contributed by atoms with Gasteiger partial charge in [0.15, 0.2) is 6.29 Å². The highest BCUT2D eigenvalue weighted by atomic mass is 35.5. The summed E-state index contributed by atoms with van der Waals surface area (Å²) in [6, 6.07) is 5.02. The Morgan fingerprint density at radius 3 is 2.75 bits per heavy atom. The molecule has 0 spiro atoms. The van der Waals surface area contributed by atoms with Crippen LogP contribution in [0.4, 0.5) is 0 Å². The van der Waals surface area contributed by atoms with E-state index in [4.69, 9.17) is 23.2 Å². The molecule has 3 nitrogen and oxygen atoms in total. The van der Waals surface area contributed by atoms with Crippen molar-refractivity contribution in [2.75, 3.05) is 0 Å². The van der Waals surface area contributed by atoms with Gasteiger partial charge in [-0.1, -0.05) is 23.2 Å². The fraction of sp³-hybridized carbons (Fsp3) is 0. The number of carbonyl (C=O) groups excluding carboxylic acids is 1. The minimum atomic E-state index is 0.395. The molecule has 0 aliphatic rings. The predicted molar refractivity (Wildman–Crippen MR) is 62.9 cm³/mol.